The van der Waals surface area contributed by atoms with Gasteiger partial charge in [-0.1, -0.05) is 0 Å². The number of benzene rings is 1. The molecule has 3 nitrogen and oxygen atoms in total. The summed E-state index contributed by atoms with van der Waals surface area (Å²) < 4.78 is 0.934. The van der Waals surface area contributed by atoms with Crippen molar-refractivity contribution < 1.29 is 9.90 Å². The minimum atomic E-state index is -0.191. The third-order valence-corrected chi connectivity index (χ3v) is 1.87. The van der Waals surface area contributed by atoms with Gasteiger partial charge in [-0.15, -0.1) is 0 Å². The normalized spacial score (nSPS) is 9.50. The first-order valence-corrected chi connectivity index (χ1v) is 4.33. The van der Waals surface area contributed by atoms with Crippen molar-refractivity contribution in [3.8, 4) is 5.75 Å². The standard InChI is InChI=1S/C8H8AsNO2/c1-5(11)10-7-4-6(9)2-3-8(7)12/h2-4,12H,1H3,(H,10,11). The van der Waals surface area contributed by atoms with E-state index in [1.54, 1.807) is 18.2 Å². The van der Waals surface area contributed by atoms with Crippen LogP contribution in [0, 0.1) is 0 Å². The molecule has 1 rings (SSSR count). The van der Waals surface area contributed by atoms with Gasteiger partial charge in [0, 0.05) is 0 Å². The molecule has 1 amide bonds. The summed E-state index contributed by atoms with van der Waals surface area (Å²) in [5.74, 6) is -0.108. The van der Waals surface area contributed by atoms with Gasteiger partial charge in [-0.05, 0) is 0 Å². The van der Waals surface area contributed by atoms with Crippen LogP contribution in [0.3, 0.4) is 0 Å². The summed E-state index contributed by atoms with van der Waals surface area (Å²) in [7, 11) is 0. The van der Waals surface area contributed by atoms with Gasteiger partial charge in [0.25, 0.3) is 0 Å². The fourth-order valence-electron chi connectivity index (χ4n) is 0.814. The molecule has 0 atom stereocenters. The average molecular weight is 225 g/mol. The predicted octanol–water partition coefficient (Wildman–Crippen LogP) is 0.144. The van der Waals surface area contributed by atoms with E-state index >= 15 is 0 Å². The molecule has 0 saturated carbocycles. The molecule has 12 heavy (non-hydrogen) atoms. The van der Waals surface area contributed by atoms with Crippen molar-refractivity contribution in [2.45, 2.75) is 6.92 Å². The van der Waals surface area contributed by atoms with Crippen molar-refractivity contribution in [3.63, 3.8) is 0 Å². The molecule has 62 valence electrons. The Bertz CT molecular complexity index is 312. The van der Waals surface area contributed by atoms with Gasteiger partial charge in [-0.25, -0.2) is 0 Å². The fourth-order valence-corrected chi connectivity index (χ4v) is 1.24. The average Bonchev–Trinajstić information content (AvgIpc) is 1.96. The van der Waals surface area contributed by atoms with Crippen molar-refractivity contribution in [1.29, 1.82) is 0 Å². The molecular formula is C8H8AsNO2. The van der Waals surface area contributed by atoms with Crippen LogP contribution in [0.1, 0.15) is 6.92 Å². The summed E-state index contributed by atoms with van der Waals surface area (Å²) in [5.41, 5.74) is 0.445. The summed E-state index contributed by atoms with van der Waals surface area (Å²) in [6.07, 6.45) is 0. The molecule has 0 saturated heterocycles. The Morgan fingerprint density at radius 2 is 2.25 bits per heavy atom. The maximum atomic E-state index is 10.6. The second-order valence-electron chi connectivity index (χ2n) is 2.38. The van der Waals surface area contributed by atoms with Crippen LogP contribution in [0.2, 0.25) is 0 Å². The number of anilines is 1. The third kappa shape index (κ3) is 2.28. The van der Waals surface area contributed by atoms with E-state index in [2.05, 4.69) is 22.2 Å². The first-order valence-electron chi connectivity index (χ1n) is 3.39. The van der Waals surface area contributed by atoms with Crippen molar-refractivity contribution in [1.82, 2.24) is 0 Å². The molecule has 0 fully saturated rings. The van der Waals surface area contributed by atoms with Gasteiger partial charge >= 0.3 is 78.9 Å². The van der Waals surface area contributed by atoms with E-state index in [1.165, 1.54) is 6.92 Å². The van der Waals surface area contributed by atoms with Gasteiger partial charge < -0.3 is 0 Å². The van der Waals surface area contributed by atoms with E-state index in [1.807, 2.05) is 0 Å². The van der Waals surface area contributed by atoms with Gasteiger partial charge in [0.15, 0.2) is 0 Å². The number of phenolic OH excluding ortho intramolecular Hbond substituents is 1. The quantitative estimate of drug-likeness (QED) is 0.527. The zero-order valence-corrected chi connectivity index (χ0v) is 8.41. The van der Waals surface area contributed by atoms with E-state index in [4.69, 9.17) is 0 Å². The number of hydrogen-bond acceptors (Lipinski definition) is 2. The molecule has 0 aliphatic heterocycles. The molecular weight excluding hydrogens is 217 g/mol. The van der Waals surface area contributed by atoms with E-state index in [0.29, 0.717) is 5.69 Å². The monoisotopic (exact) mass is 225 g/mol. The van der Waals surface area contributed by atoms with Crippen molar-refractivity contribution >= 4 is 32.8 Å². The number of amides is 1. The number of rotatable bonds is 1. The SMILES string of the molecule is CC(=O)Nc1cc([As])ccc1O. The Kier molecular flexibility index (Phi) is 2.77. The van der Waals surface area contributed by atoms with Crippen LogP contribution < -0.4 is 9.67 Å². The maximum absolute atomic E-state index is 10.6. The van der Waals surface area contributed by atoms with E-state index in [0.717, 1.165) is 4.35 Å². The van der Waals surface area contributed by atoms with Crippen LogP contribution in [0.4, 0.5) is 5.69 Å². The van der Waals surface area contributed by atoms with Crippen LogP contribution >= 0.6 is 0 Å². The number of phenols is 1. The number of carbonyl (C=O) groups is 1. The molecule has 0 aromatic heterocycles. The molecule has 0 aliphatic rings. The van der Waals surface area contributed by atoms with Gasteiger partial charge in [0.2, 0.25) is 0 Å². The third-order valence-electron chi connectivity index (χ3n) is 1.29. The molecule has 0 bridgehead atoms. The molecule has 0 heterocycles. The summed E-state index contributed by atoms with van der Waals surface area (Å²) in [6, 6.07) is 4.98. The van der Waals surface area contributed by atoms with Crippen LogP contribution in [0.15, 0.2) is 18.2 Å². The van der Waals surface area contributed by atoms with E-state index < -0.39 is 0 Å². The van der Waals surface area contributed by atoms with Crippen LogP contribution in [0.25, 0.3) is 0 Å². The second kappa shape index (κ2) is 3.63. The van der Waals surface area contributed by atoms with Crippen molar-refractivity contribution in [2.75, 3.05) is 5.32 Å². The second-order valence-corrected chi connectivity index (χ2v) is 3.47. The Morgan fingerprint density at radius 1 is 1.58 bits per heavy atom. The number of aromatic hydroxyl groups is 1. The number of hydrogen-bond donors (Lipinski definition) is 2. The molecule has 1 aromatic rings. The summed E-state index contributed by atoms with van der Waals surface area (Å²) in [5, 5.41) is 11.8. The first kappa shape index (κ1) is 9.14. The molecule has 0 unspecified atom stereocenters. The summed E-state index contributed by atoms with van der Waals surface area (Å²) in [4.78, 5) is 10.6. The van der Waals surface area contributed by atoms with Crippen LogP contribution in [0.5, 0.6) is 5.75 Å². The summed E-state index contributed by atoms with van der Waals surface area (Å²) in [6.45, 7) is 1.40. The Morgan fingerprint density at radius 3 is 2.83 bits per heavy atom. The molecule has 0 spiro atoms. The van der Waals surface area contributed by atoms with Crippen LogP contribution in [-0.2, 0) is 4.79 Å². The Balaban J connectivity index is 2.97. The fraction of sp³-hybridized carbons (Fsp3) is 0.125. The molecule has 2 N–H and O–H groups in total. The topological polar surface area (TPSA) is 49.3 Å². The van der Waals surface area contributed by atoms with Gasteiger partial charge in [-0.3, -0.25) is 0 Å². The Hall–Kier alpha value is -0.952. The molecule has 1 aromatic carbocycles. The predicted molar refractivity (Wildman–Crippen MR) is 47.8 cm³/mol. The molecule has 2 radical (unpaired) electrons. The van der Waals surface area contributed by atoms with Crippen molar-refractivity contribution in [3.05, 3.63) is 18.2 Å². The minimum absolute atomic E-state index is 0.0833. The molecule has 0 aliphatic carbocycles. The molecule has 4 heteroatoms. The zero-order chi connectivity index (χ0) is 9.14. The van der Waals surface area contributed by atoms with Crippen molar-refractivity contribution in [2.24, 2.45) is 0 Å². The van der Waals surface area contributed by atoms with Crippen LogP contribution in [-0.4, -0.2) is 27.9 Å². The number of carbonyl (C=O) groups excluding carboxylic acids is 1. The zero-order valence-electron chi connectivity index (χ0n) is 6.53. The van der Waals surface area contributed by atoms with E-state index in [-0.39, 0.29) is 11.7 Å². The number of nitrogens with one attached hydrogen (secondary N) is 1. The summed E-state index contributed by atoms with van der Waals surface area (Å²) >= 11 is 2.34. The van der Waals surface area contributed by atoms with Gasteiger partial charge in [0.1, 0.15) is 0 Å². The van der Waals surface area contributed by atoms with E-state index in [9.17, 15) is 9.90 Å². The first-order chi connectivity index (χ1) is 5.59. The Labute approximate surface area is 79.3 Å². The van der Waals surface area contributed by atoms with Gasteiger partial charge in [0.05, 0.1) is 0 Å². The van der Waals surface area contributed by atoms with Gasteiger partial charge in [-0.2, -0.15) is 0 Å².